The van der Waals surface area contributed by atoms with Crippen molar-refractivity contribution in [1.29, 1.82) is 0 Å². The fourth-order valence-electron chi connectivity index (χ4n) is 1.92. The highest BCUT2D eigenvalue weighted by Gasteiger charge is 2.41. The summed E-state index contributed by atoms with van der Waals surface area (Å²) < 4.78 is 35.2. The third-order valence-corrected chi connectivity index (χ3v) is 2.85. The van der Waals surface area contributed by atoms with E-state index >= 15 is 0 Å². The van der Waals surface area contributed by atoms with Gasteiger partial charge in [-0.2, -0.15) is 18.7 Å². The molecule has 5 nitrogen and oxygen atoms in total. The molecule has 0 aromatic carbocycles. The lowest BCUT2D eigenvalue weighted by Gasteiger charge is -2.10. The zero-order valence-electron chi connectivity index (χ0n) is 9.63. The highest BCUT2D eigenvalue weighted by Crippen LogP contribution is 2.27. The summed E-state index contributed by atoms with van der Waals surface area (Å²) in [6.07, 6.45) is -1.93. The Morgan fingerprint density at radius 3 is 2.50 bits per heavy atom. The average Bonchev–Trinajstić information content (AvgIpc) is 2.67. The molecule has 0 saturated heterocycles. The maximum atomic E-state index is 11.7. The van der Waals surface area contributed by atoms with Gasteiger partial charge in [-0.15, -0.1) is 0 Å². The summed E-state index contributed by atoms with van der Waals surface area (Å²) in [4.78, 5) is 25.0. The van der Waals surface area contributed by atoms with E-state index in [1.807, 2.05) is 0 Å². The van der Waals surface area contributed by atoms with E-state index in [1.54, 1.807) is 0 Å². The molecule has 18 heavy (non-hydrogen) atoms. The van der Waals surface area contributed by atoms with Gasteiger partial charge in [0.15, 0.2) is 0 Å². The Hall–Kier alpha value is -1.31. The average molecular weight is 268 g/mol. The van der Waals surface area contributed by atoms with Crippen molar-refractivity contribution in [3.8, 4) is 0 Å². The zero-order chi connectivity index (χ0) is 13.8. The molecule has 1 saturated carbocycles. The van der Waals surface area contributed by atoms with Gasteiger partial charge in [-0.05, 0) is 31.6 Å². The molecule has 0 aromatic rings. The Bertz CT molecular complexity index is 320. The second-order valence-electron chi connectivity index (χ2n) is 4.39. The van der Waals surface area contributed by atoms with Crippen molar-refractivity contribution in [2.24, 2.45) is 11.7 Å². The molecule has 3 N–H and O–H groups in total. The minimum atomic E-state index is -5.11. The lowest BCUT2D eigenvalue weighted by Crippen LogP contribution is -2.34. The van der Waals surface area contributed by atoms with Crippen molar-refractivity contribution in [3.63, 3.8) is 0 Å². The van der Waals surface area contributed by atoms with Crippen LogP contribution in [0.4, 0.5) is 13.2 Å². The van der Waals surface area contributed by atoms with Crippen molar-refractivity contribution >= 4 is 11.9 Å². The number of nitrogens with one attached hydrogen (secondary N) is 1. The monoisotopic (exact) mass is 268 g/mol. The number of nitrogens with two attached hydrogens (primary N) is 1. The Morgan fingerprint density at radius 2 is 2.00 bits per heavy atom. The van der Waals surface area contributed by atoms with Crippen molar-refractivity contribution < 1.29 is 27.6 Å². The first kappa shape index (κ1) is 14.7. The second-order valence-corrected chi connectivity index (χ2v) is 4.39. The molecule has 0 bridgehead atoms. The minimum absolute atomic E-state index is 0.0164. The Morgan fingerprint density at radius 1 is 1.33 bits per heavy atom. The van der Waals surface area contributed by atoms with Crippen molar-refractivity contribution in [2.45, 2.75) is 44.3 Å². The van der Waals surface area contributed by atoms with Crippen LogP contribution in [0, 0.1) is 5.92 Å². The van der Waals surface area contributed by atoms with Crippen LogP contribution < -0.4 is 11.2 Å². The fourth-order valence-corrected chi connectivity index (χ4v) is 1.92. The van der Waals surface area contributed by atoms with Gasteiger partial charge in [-0.25, -0.2) is 4.79 Å². The molecule has 1 fully saturated rings. The molecule has 8 heteroatoms. The van der Waals surface area contributed by atoms with E-state index in [2.05, 4.69) is 4.84 Å². The number of hydrogen-bond acceptors (Lipinski definition) is 4. The molecule has 1 aliphatic carbocycles. The van der Waals surface area contributed by atoms with Crippen LogP contribution in [0.25, 0.3) is 0 Å². The van der Waals surface area contributed by atoms with Gasteiger partial charge in [0, 0.05) is 12.5 Å². The Balaban J connectivity index is 2.16. The first-order valence-corrected chi connectivity index (χ1v) is 5.61. The smallest absolute Gasteiger partial charge is 0.332 e. The number of rotatable bonds is 3. The highest BCUT2D eigenvalue weighted by molar-refractivity contribution is 5.80. The van der Waals surface area contributed by atoms with E-state index in [9.17, 15) is 22.8 Å². The summed E-state index contributed by atoms with van der Waals surface area (Å²) in [5, 5.41) is 0. The van der Waals surface area contributed by atoms with Crippen molar-refractivity contribution in [2.75, 3.05) is 0 Å². The lowest BCUT2D eigenvalue weighted by molar-refractivity contribution is -0.207. The van der Waals surface area contributed by atoms with E-state index in [1.165, 1.54) is 5.48 Å². The molecule has 104 valence electrons. The van der Waals surface area contributed by atoms with Crippen molar-refractivity contribution in [3.05, 3.63) is 0 Å². The first-order chi connectivity index (χ1) is 8.29. The molecule has 0 heterocycles. The third kappa shape index (κ3) is 4.91. The van der Waals surface area contributed by atoms with E-state index in [0.717, 1.165) is 19.3 Å². The number of hydrogen-bond donors (Lipinski definition) is 2. The third-order valence-electron chi connectivity index (χ3n) is 2.85. The summed E-state index contributed by atoms with van der Waals surface area (Å²) in [7, 11) is 0. The SMILES string of the molecule is N[C@@H]1CC[C@@H](CCC(=O)NOC(=O)C(F)(F)F)C1. The Labute approximate surface area is 102 Å². The molecular weight excluding hydrogens is 253 g/mol. The number of carbonyl (C=O) groups excluding carboxylic acids is 2. The van der Waals surface area contributed by atoms with E-state index in [4.69, 9.17) is 5.73 Å². The topological polar surface area (TPSA) is 81.4 Å². The van der Waals surface area contributed by atoms with Crippen molar-refractivity contribution in [1.82, 2.24) is 5.48 Å². The first-order valence-electron chi connectivity index (χ1n) is 5.61. The van der Waals surface area contributed by atoms with Crippen LogP contribution in [-0.2, 0) is 14.4 Å². The van der Waals surface area contributed by atoms with Gasteiger partial charge in [0.1, 0.15) is 0 Å². The fraction of sp³-hybridized carbons (Fsp3) is 0.800. The van der Waals surface area contributed by atoms with E-state index in [0.29, 0.717) is 12.3 Å². The summed E-state index contributed by atoms with van der Waals surface area (Å²) >= 11 is 0. The second kappa shape index (κ2) is 6.03. The molecular formula is C10H15F3N2O3. The molecule has 0 aliphatic heterocycles. The molecule has 1 amide bonds. The predicted molar refractivity (Wildman–Crippen MR) is 54.8 cm³/mol. The number of amides is 1. The van der Waals surface area contributed by atoms with Crippen LogP contribution in [0.2, 0.25) is 0 Å². The highest BCUT2D eigenvalue weighted by atomic mass is 19.4. The van der Waals surface area contributed by atoms with Crippen LogP contribution in [0.15, 0.2) is 0 Å². The summed E-state index contributed by atoms with van der Waals surface area (Å²) in [5.74, 6) is -2.86. The van der Waals surface area contributed by atoms with Gasteiger partial charge < -0.3 is 10.6 Å². The van der Waals surface area contributed by atoms with Gasteiger partial charge >= 0.3 is 12.1 Å². The molecule has 1 rings (SSSR count). The summed E-state index contributed by atoms with van der Waals surface area (Å²) in [6, 6.07) is 0.140. The molecule has 0 radical (unpaired) electrons. The number of carbonyl (C=O) groups is 2. The van der Waals surface area contributed by atoms with Gasteiger partial charge in [0.2, 0.25) is 0 Å². The zero-order valence-corrected chi connectivity index (χ0v) is 9.63. The van der Waals surface area contributed by atoms with Crippen LogP contribution in [0.1, 0.15) is 32.1 Å². The number of hydroxylamine groups is 1. The van der Waals surface area contributed by atoms with Crippen LogP contribution in [-0.4, -0.2) is 24.1 Å². The summed E-state index contributed by atoms with van der Waals surface area (Å²) in [6.45, 7) is 0. The lowest BCUT2D eigenvalue weighted by atomic mass is 10.0. The van der Waals surface area contributed by atoms with Gasteiger partial charge in [0.05, 0.1) is 0 Å². The largest absolute Gasteiger partial charge is 0.493 e. The van der Waals surface area contributed by atoms with Gasteiger partial charge in [0.25, 0.3) is 5.91 Å². The molecule has 1 aliphatic rings. The maximum Gasteiger partial charge on any atom is 0.493 e. The number of alkyl halides is 3. The molecule has 0 aromatic heterocycles. The standard InChI is InChI=1S/C10H15F3N2O3/c11-10(12,13)9(17)18-15-8(16)4-2-6-1-3-7(14)5-6/h6-7H,1-5,14H2,(H,15,16)/t6-,7+/m0/s1. The van der Waals surface area contributed by atoms with E-state index in [-0.39, 0.29) is 12.5 Å². The quantitative estimate of drug-likeness (QED) is 0.749. The molecule has 0 spiro atoms. The normalized spacial score (nSPS) is 23.8. The predicted octanol–water partition coefficient (Wildman–Crippen LogP) is 1.03. The molecule has 2 atom stereocenters. The van der Waals surface area contributed by atoms with Gasteiger partial charge in [-0.3, -0.25) is 4.79 Å². The van der Waals surface area contributed by atoms with Gasteiger partial charge in [-0.1, -0.05) is 0 Å². The van der Waals surface area contributed by atoms with Crippen LogP contribution in [0.3, 0.4) is 0 Å². The molecule has 0 unspecified atom stereocenters. The Kier molecular flexibility index (Phi) is 4.94. The minimum Gasteiger partial charge on any atom is -0.332 e. The van der Waals surface area contributed by atoms with E-state index < -0.39 is 18.1 Å². The van der Waals surface area contributed by atoms with Crippen LogP contribution >= 0.6 is 0 Å². The van der Waals surface area contributed by atoms with Crippen LogP contribution in [0.5, 0.6) is 0 Å². The summed E-state index contributed by atoms with van der Waals surface area (Å²) in [5.41, 5.74) is 7.17. The number of halogens is 3. The maximum absolute atomic E-state index is 11.7.